The lowest BCUT2D eigenvalue weighted by Crippen LogP contribution is -2.10. The first-order valence-corrected chi connectivity index (χ1v) is 3.97. The number of hydrogen-bond acceptors (Lipinski definition) is 2. The van der Waals surface area contributed by atoms with Crippen molar-refractivity contribution in [3.05, 3.63) is 0 Å². The first kappa shape index (κ1) is 6.20. The van der Waals surface area contributed by atoms with E-state index in [1.807, 2.05) is 0 Å². The van der Waals surface area contributed by atoms with Crippen molar-refractivity contribution in [2.75, 3.05) is 0 Å². The van der Waals surface area contributed by atoms with Gasteiger partial charge in [-0.15, -0.1) is 0 Å². The molecule has 1 saturated heterocycles. The number of esters is 1. The zero-order valence-corrected chi connectivity index (χ0v) is 6.17. The van der Waals surface area contributed by atoms with Gasteiger partial charge in [-0.05, 0) is 18.8 Å². The van der Waals surface area contributed by atoms with Crippen LogP contribution in [0.15, 0.2) is 0 Å². The van der Waals surface area contributed by atoms with Gasteiger partial charge in [-0.3, -0.25) is 4.79 Å². The van der Waals surface area contributed by atoms with Crippen LogP contribution in [0.1, 0.15) is 26.2 Å². The quantitative estimate of drug-likeness (QED) is 0.475. The molecule has 0 unspecified atom stereocenters. The maximum absolute atomic E-state index is 10.8. The van der Waals surface area contributed by atoms with E-state index >= 15 is 0 Å². The number of hydrogen-bond donors (Lipinski definition) is 0. The Labute approximate surface area is 60.6 Å². The highest BCUT2D eigenvalue weighted by atomic mass is 16.5. The van der Waals surface area contributed by atoms with Gasteiger partial charge in [-0.2, -0.15) is 0 Å². The van der Waals surface area contributed by atoms with E-state index in [0.29, 0.717) is 18.3 Å². The Morgan fingerprint density at radius 1 is 1.50 bits per heavy atom. The van der Waals surface area contributed by atoms with Gasteiger partial charge in [0.25, 0.3) is 0 Å². The van der Waals surface area contributed by atoms with E-state index in [4.69, 9.17) is 4.74 Å². The molecule has 0 N–H and O–H groups in total. The fraction of sp³-hybridized carbons (Fsp3) is 0.875. The van der Waals surface area contributed by atoms with Crippen molar-refractivity contribution in [1.29, 1.82) is 0 Å². The average molecular weight is 140 g/mol. The summed E-state index contributed by atoms with van der Waals surface area (Å²) in [5, 5.41) is 0. The Balaban J connectivity index is 2.12. The molecule has 0 aromatic heterocycles. The minimum absolute atomic E-state index is 0.0153. The lowest BCUT2D eigenvalue weighted by atomic mass is 9.95. The highest BCUT2D eigenvalue weighted by Crippen LogP contribution is 2.40. The molecule has 3 atom stereocenters. The first-order valence-electron chi connectivity index (χ1n) is 3.97. The van der Waals surface area contributed by atoms with Gasteiger partial charge in [0.15, 0.2) is 0 Å². The van der Waals surface area contributed by atoms with Gasteiger partial charge < -0.3 is 4.74 Å². The van der Waals surface area contributed by atoms with E-state index in [2.05, 4.69) is 6.92 Å². The molecule has 56 valence electrons. The van der Waals surface area contributed by atoms with Crippen LogP contribution in [0.25, 0.3) is 0 Å². The maximum atomic E-state index is 10.8. The molecule has 0 amide bonds. The predicted molar refractivity (Wildman–Crippen MR) is 36.4 cm³/mol. The van der Waals surface area contributed by atoms with Crippen LogP contribution in [0.3, 0.4) is 0 Å². The zero-order chi connectivity index (χ0) is 7.14. The largest absolute Gasteiger partial charge is 0.462 e. The number of carbonyl (C=O) groups excluding carboxylic acids is 1. The molecular weight excluding hydrogens is 128 g/mol. The van der Waals surface area contributed by atoms with Crippen LogP contribution in [0.4, 0.5) is 0 Å². The van der Waals surface area contributed by atoms with E-state index in [-0.39, 0.29) is 12.1 Å². The predicted octanol–water partition coefficient (Wildman–Crippen LogP) is 1.35. The molecule has 1 saturated carbocycles. The lowest BCUT2D eigenvalue weighted by molar-refractivity contribution is -0.141. The van der Waals surface area contributed by atoms with Crippen molar-refractivity contribution in [3.8, 4) is 0 Å². The van der Waals surface area contributed by atoms with Crippen molar-refractivity contribution in [2.45, 2.75) is 32.3 Å². The van der Waals surface area contributed by atoms with Gasteiger partial charge in [0.05, 0.1) is 6.42 Å². The number of carbonyl (C=O) groups is 1. The minimum atomic E-state index is 0.0153. The molecule has 0 aromatic rings. The molecule has 2 rings (SSSR count). The van der Waals surface area contributed by atoms with E-state index in [1.165, 1.54) is 6.42 Å². The van der Waals surface area contributed by atoms with Crippen molar-refractivity contribution in [1.82, 2.24) is 0 Å². The van der Waals surface area contributed by atoms with Gasteiger partial charge in [0.1, 0.15) is 6.10 Å². The summed E-state index contributed by atoms with van der Waals surface area (Å²) in [6.45, 7) is 2.21. The molecule has 1 aliphatic heterocycles. The van der Waals surface area contributed by atoms with Gasteiger partial charge >= 0.3 is 5.97 Å². The molecule has 0 bridgehead atoms. The van der Waals surface area contributed by atoms with Gasteiger partial charge in [-0.1, -0.05) is 6.92 Å². The third-order valence-electron chi connectivity index (χ3n) is 2.80. The summed E-state index contributed by atoms with van der Waals surface area (Å²) >= 11 is 0. The summed E-state index contributed by atoms with van der Waals surface area (Å²) in [6.07, 6.45) is 3.29. The van der Waals surface area contributed by atoms with Crippen LogP contribution < -0.4 is 0 Å². The monoisotopic (exact) mass is 140 g/mol. The molecular formula is C8H12O2. The summed E-state index contributed by atoms with van der Waals surface area (Å²) in [7, 11) is 0. The Kier molecular flexibility index (Phi) is 1.22. The topological polar surface area (TPSA) is 26.3 Å². The fourth-order valence-electron chi connectivity index (χ4n) is 2.11. The van der Waals surface area contributed by atoms with E-state index in [9.17, 15) is 4.79 Å². The lowest BCUT2D eigenvalue weighted by Gasteiger charge is -2.08. The molecule has 1 heterocycles. The summed E-state index contributed by atoms with van der Waals surface area (Å²) in [4.78, 5) is 10.8. The van der Waals surface area contributed by atoms with E-state index in [0.717, 1.165) is 6.42 Å². The standard InChI is InChI=1S/C8H12O2/c1-5-2-3-7-6(5)4-8(9)10-7/h5-7H,2-4H2,1H3/t5-,6+,7-/m1/s1. The second-order valence-electron chi connectivity index (χ2n) is 3.45. The minimum Gasteiger partial charge on any atom is -0.462 e. The molecule has 1 aliphatic carbocycles. The van der Waals surface area contributed by atoms with Crippen molar-refractivity contribution in [2.24, 2.45) is 11.8 Å². The summed E-state index contributed by atoms with van der Waals surface area (Å²) < 4.78 is 5.12. The molecule has 2 heteroatoms. The van der Waals surface area contributed by atoms with Crippen LogP contribution in [-0.4, -0.2) is 12.1 Å². The first-order chi connectivity index (χ1) is 4.77. The second-order valence-corrected chi connectivity index (χ2v) is 3.45. The molecule has 2 nitrogen and oxygen atoms in total. The Bertz CT molecular complexity index is 165. The van der Waals surface area contributed by atoms with Crippen molar-refractivity contribution in [3.63, 3.8) is 0 Å². The number of ether oxygens (including phenoxy) is 1. The van der Waals surface area contributed by atoms with Gasteiger partial charge in [0.2, 0.25) is 0 Å². The third kappa shape index (κ3) is 0.746. The number of rotatable bonds is 0. The third-order valence-corrected chi connectivity index (χ3v) is 2.80. The summed E-state index contributed by atoms with van der Waals surface area (Å²) in [5.41, 5.74) is 0. The molecule has 10 heavy (non-hydrogen) atoms. The summed E-state index contributed by atoms with van der Waals surface area (Å²) in [5.74, 6) is 1.27. The highest BCUT2D eigenvalue weighted by Gasteiger charge is 2.42. The Hall–Kier alpha value is -0.530. The van der Waals surface area contributed by atoms with Crippen molar-refractivity contribution < 1.29 is 9.53 Å². The summed E-state index contributed by atoms with van der Waals surface area (Å²) in [6, 6.07) is 0. The smallest absolute Gasteiger partial charge is 0.306 e. The fourth-order valence-corrected chi connectivity index (χ4v) is 2.11. The zero-order valence-electron chi connectivity index (χ0n) is 6.17. The van der Waals surface area contributed by atoms with Gasteiger partial charge in [0, 0.05) is 5.92 Å². The van der Waals surface area contributed by atoms with Gasteiger partial charge in [-0.25, -0.2) is 0 Å². The average Bonchev–Trinajstić information content (AvgIpc) is 2.35. The maximum Gasteiger partial charge on any atom is 0.306 e. The number of fused-ring (bicyclic) bond motifs is 1. The molecule has 0 spiro atoms. The van der Waals surface area contributed by atoms with Crippen LogP contribution in [-0.2, 0) is 9.53 Å². The molecule has 0 radical (unpaired) electrons. The Morgan fingerprint density at radius 2 is 2.30 bits per heavy atom. The second kappa shape index (κ2) is 1.97. The van der Waals surface area contributed by atoms with Crippen LogP contribution >= 0.6 is 0 Å². The molecule has 2 fully saturated rings. The normalized spacial score (nSPS) is 45.3. The molecule has 2 aliphatic rings. The highest BCUT2D eigenvalue weighted by molar-refractivity contribution is 5.72. The van der Waals surface area contributed by atoms with E-state index < -0.39 is 0 Å². The van der Waals surface area contributed by atoms with E-state index in [1.54, 1.807) is 0 Å². The Morgan fingerprint density at radius 3 is 3.00 bits per heavy atom. The van der Waals surface area contributed by atoms with Crippen LogP contribution in [0.2, 0.25) is 0 Å². The van der Waals surface area contributed by atoms with Crippen LogP contribution in [0, 0.1) is 11.8 Å². The van der Waals surface area contributed by atoms with Crippen molar-refractivity contribution >= 4 is 5.97 Å². The van der Waals surface area contributed by atoms with Crippen LogP contribution in [0.5, 0.6) is 0 Å². The SMILES string of the molecule is C[C@@H]1CC[C@H]2OC(=O)C[C@@H]12. The molecule has 0 aromatic carbocycles.